The number of amides is 1. The van der Waals surface area contributed by atoms with Crippen LogP contribution in [0.4, 0.5) is 5.69 Å². The molecule has 0 saturated carbocycles. The summed E-state index contributed by atoms with van der Waals surface area (Å²) in [5.41, 5.74) is 1.04. The van der Waals surface area contributed by atoms with Crippen LogP contribution in [0.1, 0.15) is 27.1 Å². The average Bonchev–Trinajstić information content (AvgIpc) is 3.05. The zero-order valence-electron chi connectivity index (χ0n) is 10.7. The Bertz CT molecular complexity index is 601. The number of nitrogens with one attached hydrogen (secondary N) is 1. The lowest BCUT2D eigenvalue weighted by molar-refractivity contribution is 0.0607. The maximum absolute atomic E-state index is 12.1. The second-order valence-electron chi connectivity index (χ2n) is 3.79. The minimum atomic E-state index is -0.448. The van der Waals surface area contributed by atoms with E-state index in [2.05, 4.69) is 10.1 Å². The number of carbonyl (C=O) groups excluding carboxylic acids is 2. The van der Waals surface area contributed by atoms with Gasteiger partial charge in [-0.2, -0.15) is 0 Å². The Balaban J connectivity index is 2.20. The van der Waals surface area contributed by atoms with E-state index in [-0.39, 0.29) is 5.91 Å². The Morgan fingerprint density at radius 3 is 2.89 bits per heavy atom. The Morgan fingerprint density at radius 2 is 2.21 bits per heavy atom. The standard InChI is InChI=1S/C13H14N2O3S/c1-3-15-7-4-5-10(15)12(16)14-9-6-8-19-11(9)13(17)18-2/h4-8H,3H2,1-2H3,(H,14,16). The minimum absolute atomic E-state index is 0.240. The maximum atomic E-state index is 12.1. The molecular weight excluding hydrogens is 264 g/mol. The summed E-state index contributed by atoms with van der Waals surface area (Å²) in [6, 6.07) is 5.24. The monoisotopic (exact) mass is 278 g/mol. The molecule has 2 aromatic heterocycles. The van der Waals surface area contributed by atoms with Crippen LogP contribution in [0.15, 0.2) is 29.8 Å². The van der Waals surface area contributed by atoms with Crippen LogP contribution in [-0.4, -0.2) is 23.6 Å². The molecule has 0 aromatic carbocycles. The second kappa shape index (κ2) is 5.71. The lowest BCUT2D eigenvalue weighted by Crippen LogP contribution is -2.17. The van der Waals surface area contributed by atoms with Gasteiger partial charge in [-0.05, 0) is 30.5 Å². The highest BCUT2D eigenvalue weighted by Gasteiger charge is 2.17. The molecular formula is C13H14N2O3S. The van der Waals surface area contributed by atoms with E-state index in [1.54, 1.807) is 17.5 Å². The summed E-state index contributed by atoms with van der Waals surface area (Å²) in [5, 5.41) is 4.47. The molecule has 2 rings (SSSR count). The molecule has 6 heteroatoms. The number of carbonyl (C=O) groups is 2. The second-order valence-corrected chi connectivity index (χ2v) is 4.70. The molecule has 0 aliphatic carbocycles. The van der Waals surface area contributed by atoms with Crippen LogP contribution < -0.4 is 5.32 Å². The van der Waals surface area contributed by atoms with Gasteiger partial charge in [0.15, 0.2) is 0 Å². The zero-order chi connectivity index (χ0) is 13.8. The van der Waals surface area contributed by atoms with Crippen LogP contribution in [0.5, 0.6) is 0 Å². The number of hydrogen-bond donors (Lipinski definition) is 1. The first-order chi connectivity index (χ1) is 9.17. The summed E-state index contributed by atoms with van der Waals surface area (Å²) in [6.07, 6.45) is 1.84. The van der Waals surface area contributed by atoms with Crippen molar-refractivity contribution >= 4 is 28.9 Å². The van der Waals surface area contributed by atoms with E-state index in [4.69, 9.17) is 0 Å². The highest BCUT2D eigenvalue weighted by molar-refractivity contribution is 7.12. The third-order valence-electron chi connectivity index (χ3n) is 2.69. The molecule has 1 amide bonds. The van der Waals surface area contributed by atoms with Gasteiger partial charge in [0.1, 0.15) is 10.6 Å². The van der Waals surface area contributed by atoms with Gasteiger partial charge in [-0.15, -0.1) is 11.3 Å². The molecule has 0 unspecified atom stereocenters. The number of methoxy groups -OCH3 is 1. The van der Waals surface area contributed by atoms with Crippen molar-refractivity contribution in [1.29, 1.82) is 0 Å². The van der Waals surface area contributed by atoms with E-state index in [9.17, 15) is 9.59 Å². The molecule has 1 N–H and O–H groups in total. The quantitative estimate of drug-likeness (QED) is 0.874. The van der Waals surface area contributed by atoms with Crippen molar-refractivity contribution in [3.63, 3.8) is 0 Å². The predicted molar refractivity (Wildman–Crippen MR) is 73.7 cm³/mol. The zero-order valence-corrected chi connectivity index (χ0v) is 11.5. The average molecular weight is 278 g/mol. The van der Waals surface area contributed by atoms with Crippen LogP contribution in [0.3, 0.4) is 0 Å². The summed E-state index contributed by atoms with van der Waals surface area (Å²) in [6.45, 7) is 2.67. The van der Waals surface area contributed by atoms with E-state index in [0.29, 0.717) is 22.8 Å². The summed E-state index contributed by atoms with van der Waals surface area (Å²) in [7, 11) is 1.32. The maximum Gasteiger partial charge on any atom is 0.350 e. The Kier molecular flexibility index (Phi) is 4.01. The van der Waals surface area contributed by atoms with Gasteiger partial charge in [0.25, 0.3) is 5.91 Å². The fourth-order valence-electron chi connectivity index (χ4n) is 1.74. The molecule has 0 atom stereocenters. The number of aromatic nitrogens is 1. The van der Waals surface area contributed by atoms with E-state index < -0.39 is 5.97 Å². The number of nitrogens with zero attached hydrogens (tertiary/aromatic N) is 1. The van der Waals surface area contributed by atoms with Gasteiger partial charge in [-0.3, -0.25) is 4.79 Å². The van der Waals surface area contributed by atoms with Crippen LogP contribution >= 0.6 is 11.3 Å². The number of thiophene rings is 1. The van der Waals surface area contributed by atoms with Gasteiger partial charge < -0.3 is 14.6 Å². The van der Waals surface area contributed by atoms with Gasteiger partial charge in [0, 0.05) is 12.7 Å². The molecule has 0 fully saturated rings. The van der Waals surface area contributed by atoms with Crippen molar-refractivity contribution in [3.05, 3.63) is 40.3 Å². The molecule has 0 saturated heterocycles. The van der Waals surface area contributed by atoms with E-state index in [1.807, 2.05) is 23.8 Å². The number of ether oxygens (including phenoxy) is 1. The van der Waals surface area contributed by atoms with Crippen molar-refractivity contribution < 1.29 is 14.3 Å². The number of hydrogen-bond acceptors (Lipinski definition) is 4. The number of aryl methyl sites for hydroxylation is 1. The first-order valence-electron chi connectivity index (χ1n) is 5.79. The van der Waals surface area contributed by atoms with Gasteiger partial charge in [-0.25, -0.2) is 4.79 Å². The number of esters is 1. The Hall–Kier alpha value is -2.08. The first-order valence-corrected chi connectivity index (χ1v) is 6.67. The van der Waals surface area contributed by atoms with Crippen LogP contribution in [0, 0.1) is 0 Å². The summed E-state index contributed by atoms with van der Waals surface area (Å²) >= 11 is 1.24. The molecule has 19 heavy (non-hydrogen) atoms. The molecule has 0 aliphatic heterocycles. The van der Waals surface area contributed by atoms with Crippen LogP contribution in [-0.2, 0) is 11.3 Å². The summed E-state index contributed by atoms with van der Waals surface area (Å²) < 4.78 is 6.50. The van der Waals surface area contributed by atoms with Crippen LogP contribution in [0.2, 0.25) is 0 Å². The van der Waals surface area contributed by atoms with Gasteiger partial charge in [0.2, 0.25) is 0 Å². The fraction of sp³-hybridized carbons (Fsp3) is 0.231. The molecule has 5 nitrogen and oxygen atoms in total. The van der Waals surface area contributed by atoms with E-state index in [1.165, 1.54) is 18.4 Å². The first kappa shape index (κ1) is 13.4. The lowest BCUT2D eigenvalue weighted by atomic mass is 10.3. The van der Waals surface area contributed by atoms with Crippen molar-refractivity contribution in [1.82, 2.24) is 4.57 Å². The number of anilines is 1. The molecule has 0 radical (unpaired) electrons. The van der Waals surface area contributed by atoms with E-state index in [0.717, 1.165) is 0 Å². The summed E-state index contributed by atoms with van der Waals surface area (Å²) in [5.74, 6) is -0.688. The highest BCUT2D eigenvalue weighted by Crippen LogP contribution is 2.23. The molecule has 2 heterocycles. The smallest absolute Gasteiger partial charge is 0.350 e. The van der Waals surface area contributed by atoms with Gasteiger partial charge >= 0.3 is 5.97 Å². The molecule has 2 aromatic rings. The van der Waals surface area contributed by atoms with Gasteiger partial charge in [0.05, 0.1) is 12.8 Å². The highest BCUT2D eigenvalue weighted by atomic mass is 32.1. The SMILES string of the molecule is CCn1cccc1C(=O)Nc1ccsc1C(=O)OC. The van der Waals surface area contributed by atoms with Gasteiger partial charge in [-0.1, -0.05) is 0 Å². The largest absolute Gasteiger partial charge is 0.465 e. The third kappa shape index (κ3) is 2.68. The normalized spacial score (nSPS) is 10.2. The minimum Gasteiger partial charge on any atom is -0.465 e. The number of rotatable bonds is 4. The lowest BCUT2D eigenvalue weighted by Gasteiger charge is -2.07. The van der Waals surface area contributed by atoms with Crippen molar-refractivity contribution in [3.8, 4) is 0 Å². The molecule has 0 bridgehead atoms. The van der Waals surface area contributed by atoms with Crippen molar-refractivity contribution in [2.24, 2.45) is 0 Å². The third-order valence-corrected chi connectivity index (χ3v) is 3.58. The van der Waals surface area contributed by atoms with Crippen molar-refractivity contribution in [2.45, 2.75) is 13.5 Å². The Morgan fingerprint density at radius 1 is 1.42 bits per heavy atom. The van der Waals surface area contributed by atoms with E-state index >= 15 is 0 Å². The van der Waals surface area contributed by atoms with Crippen LogP contribution in [0.25, 0.3) is 0 Å². The fourth-order valence-corrected chi connectivity index (χ4v) is 2.51. The predicted octanol–water partition coefficient (Wildman–Crippen LogP) is 2.61. The topological polar surface area (TPSA) is 60.3 Å². The molecule has 100 valence electrons. The Labute approximate surface area is 114 Å². The van der Waals surface area contributed by atoms with Crippen molar-refractivity contribution in [2.75, 3.05) is 12.4 Å². The summed E-state index contributed by atoms with van der Waals surface area (Å²) in [4.78, 5) is 24.0. The molecule has 0 aliphatic rings. The molecule has 0 spiro atoms.